The zero-order valence-electron chi connectivity index (χ0n) is 13.2. The summed E-state index contributed by atoms with van der Waals surface area (Å²) in [4.78, 5) is 21.4. The minimum absolute atomic E-state index is 0.0475. The van der Waals surface area contributed by atoms with Crippen molar-refractivity contribution in [3.8, 4) is 5.75 Å². The van der Waals surface area contributed by atoms with Crippen LogP contribution in [0.5, 0.6) is 5.75 Å². The maximum absolute atomic E-state index is 13.0. The first-order valence-corrected chi connectivity index (χ1v) is 8.76. The van der Waals surface area contributed by atoms with Crippen LogP contribution in [0.4, 0.5) is 15.3 Å². The second-order valence-corrected chi connectivity index (χ2v) is 6.88. The first-order chi connectivity index (χ1) is 12.1. The van der Waals surface area contributed by atoms with Crippen molar-refractivity contribution in [2.75, 3.05) is 11.9 Å². The van der Waals surface area contributed by atoms with Gasteiger partial charge in [0.2, 0.25) is 0 Å². The molecule has 1 N–H and O–H groups in total. The summed E-state index contributed by atoms with van der Waals surface area (Å²) < 4.78 is 40.1. The van der Waals surface area contributed by atoms with E-state index >= 15 is 0 Å². The summed E-state index contributed by atoms with van der Waals surface area (Å²) in [6, 6.07) is 6.90. The maximum atomic E-state index is 13.0. The minimum Gasteiger partial charge on any atom is -0.482 e. The standard InChI is InChI=1S/C15H12ClFN2O6S/c1-9-2-4-11(26(17,23)24)7-13(9)18-15(20)8-25-14-5-3-10(19(21)22)6-12(14)16/h2-7H,8H2,1H3,(H,18,20). The molecule has 0 saturated heterocycles. The number of nitrogens with one attached hydrogen (secondary N) is 1. The molecule has 0 aromatic heterocycles. The zero-order chi connectivity index (χ0) is 19.5. The Morgan fingerprint density at radius 3 is 2.58 bits per heavy atom. The molecule has 26 heavy (non-hydrogen) atoms. The topological polar surface area (TPSA) is 116 Å². The number of hydrogen-bond donors (Lipinski definition) is 1. The van der Waals surface area contributed by atoms with Crippen LogP contribution in [0.2, 0.25) is 5.02 Å². The van der Waals surface area contributed by atoms with E-state index in [4.69, 9.17) is 16.3 Å². The van der Waals surface area contributed by atoms with Crippen molar-refractivity contribution in [2.24, 2.45) is 0 Å². The molecule has 0 radical (unpaired) electrons. The van der Waals surface area contributed by atoms with E-state index in [1.807, 2.05) is 0 Å². The molecule has 0 bridgehead atoms. The Bertz CT molecular complexity index is 980. The quantitative estimate of drug-likeness (QED) is 0.450. The summed E-state index contributed by atoms with van der Waals surface area (Å²) >= 11 is 5.84. The molecule has 0 aliphatic carbocycles. The number of carbonyl (C=O) groups excluding carboxylic acids is 1. The lowest BCUT2D eigenvalue weighted by Gasteiger charge is -2.11. The molecular weight excluding hydrogens is 391 g/mol. The second-order valence-electron chi connectivity index (χ2n) is 5.12. The smallest absolute Gasteiger partial charge is 0.332 e. The summed E-state index contributed by atoms with van der Waals surface area (Å²) in [5.74, 6) is -0.597. The molecule has 11 heteroatoms. The van der Waals surface area contributed by atoms with E-state index in [-0.39, 0.29) is 22.1 Å². The van der Waals surface area contributed by atoms with Gasteiger partial charge in [0, 0.05) is 17.8 Å². The fourth-order valence-electron chi connectivity index (χ4n) is 1.94. The van der Waals surface area contributed by atoms with E-state index in [2.05, 4.69) is 5.32 Å². The lowest BCUT2D eigenvalue weighted by Crippen LogP contribution is -2.21. The first kappa shape index (κ1) is 19.6. The molecule has 0 saturated carbocycles. The highest BCUT2D eigenvalue weighted by Crippen LogP contribution is 2.28. The van der Waals surface area contributed by atoms with Crippen LogP contribution in [-0.4, -0.2) is 25.9 Å². The largest absolute Gasteiger partial charge is 0.482 e. The van der Waals surface area contributed by atoms with Crippen LogP contribution in [0, 0.1) is 17.0 Å². The van der Waals surface area contributed by atoms with Crippen LogP contribution < -0.4 is 10.1 Å². The van der Waals surface area contributed by atoms with Gasteiger partial charge < -0.3 is 10.1 Å². The molecule has 8 nitrogen and oxygen atoms in total. The number of amides is 1. The van der Waals surface area contributed by atoms with Gasteiger partial charge in [-0.25, -0.2) is 0 Å². The van der Waals surface area contributed by atoms with E-state index in [0.29, 0.717) is 5.56 Å². The van der Waals surface area contributed by atoms with Gasteiger partial charge in [-0.1, -0.05) is 17.7 Å². The number of rotatable bonds is 6. The van der Waals surface area contributed by atoms with Gasteiger partial charge in [-0.3, -0.25) is 14.9 Å². The normalized spacial score (nSPS) is 11.0. The number of halogens is 2. The van der Waals surface area contributed by atoms with Gasteiger partial charge in [-0.05, 0) is 30.7 Å². The van der Waals surface area contributed by atoms with Crippen LogP contribution in [0.15, 0.2) is 41.3 Å². The SMILES string of the molecule is Cc1ccc(S(=O)(=O)F)cc1NC(=O)COc1ccc([N+](=O)[O-])cc1Cl. The highest BCUT2D eigenvalue weighted by atomic mass is 35.5. The molecular formula is C15H12ClFN2O6S. The number of ether oxygens (including phenoxy) is 1. The Hall–Kier alpha value is -2.72. The van der Waals surface area contributed by atoms with Crippen LogP contribution >= 0.6 is 11.6 Å². The zero-order valence-corrected chi connectivity index (χ0v) is 14.8. The molecule has 2 rings (SSSR count). The van der Waals surface area contributed by atoms with Crippen molar-refractivity contribution in [3.05, 3.63) is 57.1 Å². The van der Waals surface area contributed by atoms with Crippen LogP contribution in [-0.2, 0) is 15.0 Å². The number of benzene rings is 2. The van der Waals surface area contributed by atoms with Gasteiger partial charge in [0.05, 0.1) is 9.95 Å². The van der Waals surface area contributed by atoms with Gasteiger partial charge in [0.25, 0.3) is 11.6 Å². The number of non-ortho nitro benzene ring substituents is 1. The first-order valence-electron chi connectivity index (χ1n) is 7.00. The maximum Gasteiger partial charge on any atom is 0.332 e. The van der Waals surface area contributed by atoms with Crippen molar-refractivity contribution in [3.63, 3.8) is 0 Å². The molecule has 0 atom stereocenters. The van der Waals surface area contributed by atoms with E-state index in [9.17, 15) is 27.2 Å². The number of nitrogens with zero attached hydrogens (tertiary/aromatic N) is 1. The average Bonchev–Trinajstić information content (AvgIpc) is 2.54. The number of hydrogen-bond acceptors (Lipinski definition) is 6. The number of anilines is 1. The van der Waals surface area contributed by atoms with Crippen LogP contribution in [0.25, 0.3) is 0 Å². The van der Waals surface area contributed by atoms with Crippen molar-refractivity contribution in [1.29, 1.82) is 0 Å². The molecule has 2 aromatic carbocycles. The molecule has 1 amide bonds. The fourth-order valence-corrected chi connectivity index (χ4v) is 2.66. The third-order valence-electron chi connectivity index (χ3n) is 3.25. The Balaban J connectivity index is 2.07. The predicted octanol–water partition coefficient (Wildman–Crippen LogP) is 3.23. The highest BCUT2D eigenvalue weighted by Gasteiger charge is 2.15. The summed E-state index contributed by atoms with van der Waals surface area (Å²) in [7, 11) is -4.90. The molecule has 0 aliphatic heterocycles. The summed E-state index contributed by atoms with van der Waals surface area (Å²) in [5, 5.41) is 13.0. The predicted molar refractivity (Wildman–Crippen MR) is 91.7 cm³/mol. The Labute approximate surface area is 152 Å². The van der Waals surface area contributed by atoms with E-state index in [1.165, 1.54) is 18.2 Å². The van der Waals surface area contributed by atoms with E-state index in [0.717, 1.165) is 18.2 Å². The van der Waals surface area contributed by atoms with Crippen molar-refractivity contribution >= 4 is 39.1 Å². The molecule has 138 valence electrons. The van der Waals surface area contributed by atoms with Crippen molar-refractivity contribution in [1.82, 2.24) is 0 Å². The molecule has 0 spiro atoms. The van der Waals surface area contributed by atoms with Gasteiger partial charge in [0.1, 0.15) is 10.6 Å². The summed E-state index contributed by atoms with van der Waals surface area (Å²) in [5.41, 5.74) is 0.387. The number of nitro groups is 1. The summed E-state index contributed by atoms with van der Waals surface area (Å²) in [6.45, 7) is 1.10. The van der Waals surface area contributed by atoms with Crippen molar-refractivity contribution < 1.29 is 26.8 Å². The minimum atomic E-state index is -4.90. The number of nitro benzene ring substituents is 1. The summed E-state index contributed by atoms with van der Waals surface area (Å²) in [6.07, 6.45) is 0. The Morgan fingerprint density at radius 2 is 2.00 bits per heavy atom. The van der Waals surface area contributed by atoms with Gasteiger partial charge >= 0.3 is 10.2 Å². The van der Waals surface area contributed by atoms with Crippen LogP contribution in [0.1, 0.15) is 5.56 Å². The molecule has 0 unspecified atom stereocenters. The Kier molecular flexibility index (Phi) is 5.78. The third kappa shape index (κ3) is 4.90. The lowest BCUT2D eigenvalue weighted by atomic mass is 10.2. The van der Waals surface area contributed by atoms with Crippen LogP contribution in [0.3, 0.4) is 0 Å². The number of carbonyl (C=O) groups is 1. The second kappa shape index (κ2) is 7.67. The van der Waals surface area contributed by atoms with Gasteiger partial charge in [-0.15, -0.1) is 3.89 Å². The Morgan fingerprint density at radius 1 is 1.31 bits per heavy atom. The average molecular weight is 403 g/mol. The monoisotopic (exact) mass is 402 g/mol. The molecule has 0 aliphatic rings. The molecule has 2 aromatic rings. The van der Waals surface area contributed by atoms with Gasteiger partial charge in [0.15, 0.2) is 6.61 Å². The van der Waals surface area contributed by atoms with E-state index < -0.39 is 32.6 Å². The lowest BCUT2D eigenvalue weighted by molar-refractivity contribution is -0.384. The molecule has 0 fully saturated rings. The van der Waals surface area contributed by atoms with Crippen molar-refractivity contribution in [2.45, 2.75) is 11.8 Å². The van der Waals surface area contributed by atoms with E-state index in [1.54, 1.807) is 6.92 Å². The van der Waals surface area contributed by atoms with Gasteiger partial charge in [-0.2, -0.15) is 8.42 Å². The third-order valence-corrected chi connectivity index (χ3v) is 4.36. The highest BCUT2D eigenvalue weighted by molar-refractivity contribution is 7.86. The fraction of sp³-hybridized carbons (Fsp3) is 0.133. The molecule has 0 heterocycles. The number of aryl methyl sites for hydroxylation is 1.